The quantitative estimate of drug-likeness (QED) is 0.854. The molecule has 1 heterocycles. The molecule has 1 unspecified atom stereocenters. The van der Waals surface area contributed by atoms with Crippen LogP contribution in [-0.2, 0) is 9.59 Å². The Morgan fingerprint density at radius 1 is 1.14 bits per heavy atom. The average molecular weight is 317 g/mol. The van der Waals surface area contributed by atoms with E-state index in [1.807, 2.05) is 0 Å². The number of phenols is 1. The Labute approximate surface area is 132 Å². The van der Waals surface area contributed by atoms with Crippen LogP contribution in [-0.4, -0.2) is 23.0 Å². The fourth-order valence-electron chi connectivity index (χ4n) is 2.40. The van der Waals surface area contributed by atoms with E-state index in [9.17, 15) is 14.7 Å². The van der Waals surface area contributed by atoms with Gasteiger partial charge < -0.3 is 10.4 Å². The van der Waals surface area contributed by atoms with E-state index in [4.69, 9.17) is 11.6 Å². The van der Waals surface area contributed by atoms with Crippen molar-refractivity contribution in [3.8, 4) is 5.75 Å². The van der Waals surface area contributed by atoms with E-state index in [2.05, 4.69) is 5.32 Å². The lowest BCUT2D eigenvalue weighted by Gasteiger charge is -2.16. The van der Waals surface area contributed by atoms with Gasteiger partial charge in [-0.3, -0.25) is 9.59 Å². The van der Waals surface area contributed by atoms with Gasteiger partial charge in [-0.1, -0.05) is 17.7 Å². The summed E-state index contributed by atoms with van der Waals surface area (Å²) in [6.07, 6.45) is 0.0666. The minimum absolute atomic E-state index is 0.00668. The van der Waals surface area contributed by atoms with Gasteiger partial charge in [0.25, 0.3) is 5.91 Å². The monoisotopic (exact) mass is 316 g/mol. The molecule has 1 aliphatic rings. The van der Waals surface area contributed by atoms with Crippen molar-refractivity contribution in [2.24, 2.45) is 0 Å². The number of anilines is 2. The highest BCUT2D eigenvalue weighted by Crippen LogP contribution is 2.27. The molecule has 22 heavy (non-hydrogen) atoms. The van der Waals surface area contributed by atoms with E-state index in [0.717, 1.165) is 4.90 Å². The number of hydrogen-bond acceptors (Lipinski definition) is 4. The van der Waals surface area contributed by atoms with Crippen LogP contribution in [0.15, 0.2) is 48.5 Å². The predicted octanol–water partition coefficient (Wildman–Crippen LogP) is 2.79. The summed E-state index contributed by atoms with van der Waals surface area (Å²) < 4.78 is 0. The van der Waals surface area contributed by atoms with Gasteiger partial charge in [0.1, 0.15) is 11.8 Å². The summed E-state index contributed by atoms with van der Waals surface area (Å²) in [7, 11) is 0. The molecule has 1 atom stereocenters. The van der Waals surface area contributed by atoms with Gasteiger partial charge in [-0.05, 0) is 36.4 Å². The number of aromatic hydroxyl groups is 1. The largest absolute Gasteiger partial charge is 0.508 e. The number of nitrogens with zero attached hydrogens (tertiary/aromatic N) is 1. The molecule has 0 saturated carbocycles. The Hall–Kier alpha value is -2.53. The van der Waals surface area contributed by atoms with Gasteiger partial charge in [-0.2, -0.15) is 0 Å². The first-order valence-electron chi connectivity index (χ1n) is 6.72. The van der Waals surface area contributed by atoms with Crippen LogP contribution in [0.1, 0.15) is 6.42 Å². The standard InChI is InChI=1S/C16H13ClN2O3/c17-10-4-6-11(7-5-10)18-14-9-15(21)19(16(14)22)12-2-1-3-13(20)8-12/h1-8,14,18,20H,9H2. The number of carbonyl (C=O) groups excluding carboxylic acids is 2. The maximum Gasteiger partial charge on any atom is 0.256 e. The fourth-order valence-corrected chi connectivity index (χ4v) is 2.52. The molecule has 1 aliphatic heterocycles. The summed E-state index contributed by atoms with van der Waals surface area (Å²) in [6.45, 7) is 0. The maximum atomic E-state index is 12.4. The Balaban J connectivity index is 1.81. The van der Waals surface area contributed by atoms with E-state index < -0.39 is 6.04 Å². The molecule has 2 aromatic rings. The summed E-state index contributed by atoms with van der Waals surface area (Å²) in [5.74, 6) is -0.639. The minimum Gasteiger partial charge on any atom is -0.508 e. The highest BCUT2D eigenvalue weighted by molar-refractivity contribution is 6.30. The molecule has 0 bridgehead atoms. The fraction of sp³-hybridized carbons (Fsp3) is 0.125. The number of nitrogens with one attached hydrogen (secondary N) is 1. The topological polar surface area (TPSA) is 69.6 Å². The zero-order valence-electron chi connectivity index (χ0n) is 11.5. The first kappa shape index (κ1) is 14.4. The lowest BCUT2D eigenvalue weighted by atomic mass is 10.2. The van der Waals surface area contributed by atoms with Crippen molar-refractivity contribution in [2.45, 2.75) is 12.5 Å². The van der Waals surface area contributed by atoms with Gasteiger partial charge >= 0.3 is 0 Å². The van der Waals surface area contributed by atoms with Crippen molar-refractivity contribution in [1.82, 2.24) is 0 Å². The lowest BCUT2D eigenvalue weighted by Crippen LogP contribution is -2.34. The Bertz CT molecular complexity index is 730. The Kier molecular flexibility index (Phi) is 3.73. The molecule has 0 spiro atoms. The van der Waals surface area contributed by atoms with Crippen LogP contribution >= 0.6 is 11.6 Å². The number of rotatable bonds is 3. The predicted molar refractivity (Wildman–Crippen MR) is 84.1 cm³/mol. The Morgan fingerprint density at radius 2 is 1.86 bits per heavy atom. The lowest BCUT2D eigenvalue weighted by molar-refractivity contribution is -0.121. The van der Waals surface area contributed by atoms with Crippen LogP contribution in [0.4, 0.5) is 11.4 Å². The number of halogens is 1. The molecule has 5 nitrogen and oxygen atoms in total. The van der Waals surface area contributed by atoms with E-state index >= 15 is 0 Å². The van der Waals surface area contributed by atoms with E-state index in [1.54, 1.807) is 36.4 Å². The second-order valence-corrected chi connectivity index (χ2v) is 5.43. The molecule has 0 aromatic heterocycles. The zero-order chi connectivity index (χ0) is 15.7. The number of amides is 2. The zero-order valence-corrected chi connectivity index (χ0v) is 12.2. The van der Waals surface area contributed by atoms with Crippen LogP contribution in [0.5, 0.6) is 5.75 Å². The molecule has 2 amide bonds. The molecule has 1 fully saturated rings. The van der Waals surface area contributed by atoms with Crippen LogP contribution in [0, 0.1) is 0 Å². The second kappa shape index (κ2) is 5.69. The van der Waals surface area contributed by atoms with Gasteiger partial charge in [-0.25, -0.2) is 4.90 Å². The molecular formula is C16H13ClN2O3. The van der Waals surface area contributed by atoms with Crippen molar-refractivity contribution < 1.29 is 14.7 Å². The molecule has 0 radical (unpaired) electrons. The number of imide groups is 1. The molecule has 2 N–H and O–H groups in total. The third kappa shape index (κ3) is 2.76. The van der Waals surface area contributed by atoms with Crippen LogP contribution in [0.2, 0.25) is 5.02 Å². The molecular weight excluding hydrogens is 304 g/mol. The number of hydrogen-bond donors (Lipinski definition) is 2. The SMILES string of the molecule is O=C1CC(Nc2ccc(Cl)cc2)C(=O)N1c1cccc(O)c1. The third-order valence-electron chi connectivity index (χ3n) is 3.42. The molecule has 0 aliphatic carbocycles. The summed E-state index contributed by atoms with van der Waals surface area (Å²) in [5.41, 5.74) is 1.09. The highest BCUT2D eigenvalue weighted by Gasteiger charge is 2.39. The summed E-state index contributed by atoms with van der Waals surface area (Å²) in [4.78, 5) is 25.6. The van der Waals surface area contributed by atoms with Crippen molar-refractivity contribution in [3.05, 3.63) is 53.6 Å². The number of carbonyl (C=O) groups is 2. The molecule has 1 saturated heterocycles. The second-order valence-electron chi connectivity index (χ2n) is 5.00. The summed E-state index contributed by atoms with van der Waals surface area (Å²) >= 11 is 5.82. The van der Waals surface area contributed by atoms with Crippen molar-refractivity contribution in [3.63, 3.8) is 0 Å². The average Bonchev–Trinajstić information content (AvgIpc) is 2.76. The van der Waals surface area contributed by atoms with Gasteiger partial charge in [0.05, 0.1) is 12.1 Å². The number of phenolic OH excluding ortho intramolecular Hbond substituents is 1. The van der Waals surface area contributed by atoms with E-state index in [1.165, 1.54) is 12.1 Å². The Morgan fingerprint density at radius 3 is 2.55 bits per heavy atom. The minimum atomic E-state index is -0.629. The summed E-state index contributed by atoms with van der Waals surface area (Å²) in [6, 6.07) is 12.4. The van der Waals surface area contributed by atoms with Crippen LogP contribution in [0.25, 0.3) is 0 Å². The van der Waals surface area contributed by atoms with Gasteiger partial charge in [0, 0.05) is 16.8 Å². The van der Waals surface area contributed by atoms with Crippen molar-refractivity contribution >= 4 is 34.8 Å². The number of benzene rings is 2. The highest BCUT2D eigenvalue weighted by atomic mass is 35.5. The van der Waals surface area contributed by atoms with Gasteiger partial charge in [0.15, 0.2) is 0 Å². The molecule has 3 rings (SSSR count). The first-order chi connectivity index (χ1) is 10.5. The molecule has 2 aromatic carbocycles. The van der Waals surface area contributed by atoms with Gasteiger partial charge in [-0.15, -0.1) is 0 Å². The smallest absolute Gasteiger partial charge is 0.256 e. The van der Waals surface area contributed by atoms with E-state index in [0.29, 0.717) is 16.4 Å². The molecule has 6 heteroatoms. The molecule has 112 valence electrons. The van der Waals surface area contributed by atoms with E-state index in [-0.39, 0.29) is 24.0 Å². The van der Waals surface area contributed by atoms with Gasteiger partial charge in [0.2, 0.25) is 5.91 Å². The first-order valence-corrected chi connectivity index (χ1v) is 7.10. The maximum absolute atomic E-state index is 12.4. The third-order valence-corrected chi connectivity index (χ3v) is 3.67. The normalized spacial score (nSPS) is 17.9. The van der Waals surface area contributed by atoms with Crippen molar-refractivity contribution in [2.75, 3.05) is 10.2 Å². The van der Waals surface area contributed by atoms with Crippen LogP contribution in [0.3, 0.4) is 0 Å². The van der Waals surface area contributed by atoms with Crippen molar-refractivity contribution in [1.29, 1.82) is 0 Å². The summed E-state index contributed by atoms with van der Waals surface area (Å²) in [5, 5.41) is 13.1. The van der Waals surface area contributed by atoms with Crippen LogP contribution < -0.4 is 10.2 Å².